The van der Waals surface area contributed by atoms with Crippen molar-refractivity contribution in [3.05, 3.63) is 90.5 Å². The zero-order valence-corrected chi connectivity index (χ0v) is 24.7. The highest BCUT2D eigenvalue weighted by atomic mass is 16.6. The fourth-order valence-electron chi connectivity index (χ4n) is 4.93. The van der Waals surface area contributed by atoms with Gasteiger partial charge in [0.25, 0.3) is 0 Å². The molecule has 0 fully saturated rings. The van der Waals surface area contributed by atoms with Gasteiger partial charge >= 0.3 is 6.09 Å². The molecular weight excluding hydrogens is 516 g/mol. The number of fused-ring (bicyclic) bond motifs is 1. The first kappa shape index (κ1) is 30.0. The first-order chi connectivity index (χ1) is 19.6. The Labute approximate surface area is 243 Å². The van der Waals surface area contributed by atoms with E-state index in [-0.39, 0.29) is 11.9 Å². The van der Waals surface area contributed by atoms with Crippen LogP contribution in [-0.4, -0.2) is 55.3 Å². The Hall–Kier alpha value is -4.01. The fourth-order valence-corrected chi connectivity index (χ4v) is 4.93. The lowest BCUT2D eigenvalue weighted by atomic mass is 10.1. The van der Waals surface area contributed by atoms with E-state index in [1.807, 2.05) is 104 Å². The van der Waals surface area contributed by atoms with Crippen LogP contribution < -0.4 is 15.1 Å². The van der Waals surface area contributed by atoms with Crippen LogP contribution in [0.4, 0.5) is 21.9 Å². The smallest absolute Gasteiger partial charge is 0.434 e. The molecule has 0 bridgehead atoms. The van der Waals surface area contributed by atoms with Crippen LogP contribution >= 0.6 is 0 Å². The second kappa shape index (κ2) is 13.1. The summed E-state index contributed by atoms with van der Waals surface area (Å²) in [4.78, 5) is 35.4. The molecule has 0 aliphatic carbocycles. The minimum Gasteiger partial charge on any atom is -0.442 e. The van der Waals surface area contributed by atoms with E-state index in [4.69, 9.17) is 9.47 Å². The molecule has 0 saturated carbocycles. The highest BCUT2D eigenvalue weighted by Crippen LogP contribution is 2.38. The number of aliphatic imine (C=N–C) groups is 1. The van der Waals surface area contributed by atoms with Crippen molar-refractivity contribution < 1.29 is 19.1 Å². The summed E-state index contributed by atoms with van der Waals surface area (Å²) in [5.41, 5.74) is 3.40. The van der Waals surface area contributed by atoms with Crippen LogP contribution in [0.5, 0.6) is 0 Å². The molecule has 1 aliphatic rings. The molecule has 1 N–H and O–H groups in total. The second-order valence-electron chi connectivity index (χ2n) is 11.3. The SMILES string of the molecule is COC(NC1CN(c2ccccc2)c2ccccc2N(C(C)C)C1=O)/C(Cc1ccccc1)=N/C(=O)OC(C)(C)C. The lowest BCUT2D eigenvalue weighted by molar-refractivity contribution is -0.121. The molecule has 216 valence electrons. The molecular formula is C33H40N4O4. The Kier molecular flexibility index (Phi) is 9.57. The molecule has 1 heterocycles. The Balaban J connectivity index is 1.74. The summed E-state index contributed by atoms with van der Waals surface area (Å²) in [7, 11) is 1.54. The summed E-state index contributed by atoms with van der Waals surface area (Å²) in [6.07, 6.45) is -1.20. The van der Waals surface area contributed by atoms with E-state index >= 15 is 0 Å². The molecule has 2 atom stereocenters. The van der Waals surface area contributed by atoms with E-state index in [2.05, 4.69) is 15.2 Å². The van der Waals surface area contributed by atoms with Gasteiger partial charge in [-0.3, -0.25) is 10.1 Å². The third-order valence-electron chi connectivity index (χ3n) is 6.66. The average Bonchev–Trinajstić information content (AvgIpc) is 3.05. The van der Waals surface area contributed by atoms with Crippen molar-refractivity contribution in [1.29, 1.82) is 0 Å². The number of nitrogens with one attached hydrogen (secondary N) is 1. The molecule has 4 rings (SSSR count). The number of hydrogen-bond donors (Lipinski definition) is 1. The lowest BCUT2D eigenvalue weighted by Crippen LogP contribution is -2.56. The van der Waals surface area contributed by atoms with Gasteiger partial charge in [0.2, 0.25) is 5.91 Å². The molecule has 0 spiro atoms. The quantitative estimate of drug-likeness (QED) is 0.266. The van der Waals surface area contributed by atoms with Gasteiger partial charge in [0.15, 0.2) is 0 Å². The third kappa shape index (κ3) is 7.60. The van der Waals surface area contributed by atoms with Crippen LogP contribution in [0.2, 0.25) is 0 Å². The molecule has 3 aromatic rings. The number of anilines is 3. The topological polar surface area (TPSA) is 83.5 Å². The van der Waals surface area contributed by atoms with Gasteiger partial charge in [-0.2, -0.15) is 4.99 Å². The highest BCUT2D eigenvalue weighted by Gasteiger charge is 2.37. The molecule has 0 saturated heterocycles. The van der Waals surface area contributed by atoms with Crippen molar-refractivity contribution in [1.82, 2.24) is 5.32 Å². The number of carbonyl (C=O) groups is 2. The first-order valence-corrected chi connectivity index (χ1v) is 13.9. The van der Waals surface area contributed by atoms with E-state index in [1.54, 1.807) is 27.9 Å². The molecule has 8 heteroatoms. The first-order valence-electron chi connectivity index (χ1n) is 13.9. The van der Waals surface area contributed by atoms with Crippen molar-refractivity contribution in [3.63, 3.8) is 0 Å². The van der Waals surface area contributed by atoms with E-state index in [9.17, 15) is 9.59 Å². The summed E-state index contributed by atoms with van der Waals surface area (Å²) < 4.78 is 11.4. The maximum Gasteiger partial charge on any atom is 0.434 e. The largest absolute Gasteiger partial charge is 0.442 e. The normalized spacial score (nSPS) is 16.8. The van der Waals surface area contributed by atoms with Crippen LogP contribution in [0, 0.1) is 0 Å². The average molecular weight is 557 g/mol. The number of methoxy groups -OCH3 is 1. The summed E-state index contributed by atoms with van der Waals surface area (Å²) >= 11 is 0. The number of benzene rings is 3. The molecule has 1 aliphatic heterocycles. The zero-order chi connectivity index (χ0) is 29.6. The number of rotatable bonds is 8. The number of para-hydroxylation sites is 3. The molecule has 2 amide bonds. The second-order valence-corrected chi connectivity index (χ2v) is 11.3. The summed E-state index contributed by atoms with van der Waals surface area (Å²) in [6, 6.07) is 26.9. The maximum atomic E-state index is 14.2. The number of amides is 2. The third-order valence-corrected chi connectivity index (χ3v) is 6.66. The van der Waals surface area contributed by atoms with Crippen molar-refractivity contribution >= 4 is 34.8 Å². The van der Waals surface area contributed by atoms with Crippen molar-refractivity contribution in [3.8, 4) is 0 Å². The summed E-state index contributed by atoms with van der Waals surface area (Å²) in [5.74, 6) is -0.0933. The molecule has 41 heavy (non-hydrogen) atoms. The van der Waals surface area contributed by atoms with E-state index < -0.39 is 24.0 Å². The van der Waals surface area contributed by atoms with Crippen LogP contribution in [0.25, 0.3) is 0 Å². The number of hydrogen-bond acceptors (Lipinski definition) is 6. The van der Waals surface area contributed by atoms with Crippen molar-refractivity contribution in [2.45, 2.75) is 65.0 Å². The summed E-state index contributed by atoms with van der Waals surface area (Å²) in [6.45, 7) is 9.73. The van der Waals surface area contributed by atoms with Gasteiger partial charge in [-0.1, -0.05) is 60.7 Å². The van der Waals surface area contributed by atoms with Crippen LogP contribution in [0.3, 0.4) is 0 Å². The molecule has 3 aromatic carbocycles. The van der Waals surface area contributed by atoms with Crippen LogP contribution in [-0.2, 0) is 20.7 Å². The van der Waals surface area contributed by atoms with Gasteiger partial charge < -0.3 is 19.3 Å². The van der Waals surface area contributed by atoms with E-state index in [0.29, 0.717) is 18.7 Å². The van der Waals surface area contributed by atoms with Gasteiger partial charge in [-0.05, 0) is 64.4 Å². The van der Waals surface area contributed by atoms with Gasteiger partial charge in [-0.15, -0.1) is 0 Å². The molecule has 0 radical (unpaired) electrons. The van der Waals surface area contributed by atoms with E-state index in [1.165, 1.54) is 0 Å². The van der Waals surface area contributed by atoms with E-state index in [0.717, 1.165) is 22.6 Å². The standard InChI is InChI=1S/C33H40N4O4/c1-23(2)37-29-20-14-13-19-28(29)36(25-17-11-8-12-18-25)22-27(31(37)38)34-30(40-6)26(21-24-15-9-7-10-16-24)35-32(39)41-33(3,4)5/h7-20,23,27,30,34H,21-22H2,1-6H3/b35-26+. The Morgan fingerprint density at radius 2 is 1.54 bits per heavy atom. The summed E-state index contributed by atoms with van der Waals surface area (Å²) in [5, 5.41) is 3.41. The number of nitrogens with zero attached hydrogens (tertiary/aromatic N) is 3. The monoisotopic (exact) mass is 556 g/mol. The zero-order valence-electron chi connectivity index (χ0n) is 24.7. The lowest BCUT2D eigenvalue weighted by Gasteiger charge is -2.31. The Bertz CT molecular complexity index is 1350. The van der Waals surface area contributed by atoms with Gasteiger partial charge in [0.05, 0.1) is 17.1 Å². The minimum atomic E-state index is -0.829. The fraction of sp³-hybridized carbons (Fsp3) is 0.364. The van der Waals surface area contributed by atoms with Crippen molar-refractivity contribution in [2.24, 2.45) is 4.99 Å². The minimum absolute atomic E-state index is 0.0933. The van der Waals surface area contributed by atoms with Gasteiger partial charge in [0, 0.05) is 31.8 Å². The predicted molar refractivity (Wildman–Crippen MR) is 164 cm³/mol. The van der Waals surface area contributed by atoms with Gasteiger partial charge in [0.1, 0.15) is 17.9 Å². The maximum absolute atomic E-state index is 14.2. The molecule has 2 unspecified atom stereocenters. The molecule has 8 nitrogen and oxygen atoms in total. The van der Waals surface area contributed by atoms with Crippen molar-refractivity contribution in [2.75, 3.05) is 23.5 Å². The highest BCUT2D eigenvalue weighted by molar-refractivity contribution is 6.04. The molecule has 0 aromatic heterocycles. The van der Waals surface area contributed by atoms with Crippen LogP contribution in [0.15, 0.2) is 89.9 Å². The Morgan fingerprint density at radius 3 is 2.12 bits per heavy atom. The number of ether oxygens (including phenoxy) is 2. The van der Waals surface area contributed by atoms with Crippen LogP contribution in [0.1, 0.15) is 40.2 Å². The Morgan fingerprint density at radius 1 is 0.951 bits per heavy atom. The predicted octanol–water partition coefficient (Wildman–Crippen LogP) is 6.13. The number of carbonyl (C=O) groups excluding carboxylic acids is 2. The van der Waals surface area contributed by atoms with Gasteiger partial charge in [-0.25, -0.2) is 4.79 Å².